The predicted octanol–water partition coefficient (Wildman–Crippen LogP) is 5.44. The van der Waals surface area contributed by atoms with Gasteiger partial charge in [0.2, 0.25) is 0 Å². The Morgan fingerprint density at radius 3 is 2.48 bits per heavy atom. The minimum absolute atomic E-state index is 0.292. The van der Waals surface area contributed by atoms with Crippen LogP contribution in [0.15, 0.2) is 71.3 Å². The lowest BCUT2D eigenvalue weighted by Crippen LogP contribution is -1.95. The van der Waals surface area contributed by atoms with Crippen LogP contribution in [0, 0.1) is 17.1 Å². The lowest BCUT2D eigenvalue weighted by Gasteiger charge is -2.08. The molecule has 0 aliphatic rings. The summed E-state index contributed by atoms with van der Waals surface area (Å²) in [4.78, 5) is 0. The zero-order valence-corrected chi connectivity index (χ0v) is 13.7. The maximum atomic E-state index is 13.9. The number of halogens is 2. The third kappa shape index (κ3) is 3.25. The van der Waals surface area contributed by atoms with E-state index in [1.807, 2.05) is 47.2 Å². The van der Waals surface area contributed by atoms with Crippen LogP contribution in [0.1, 0.15) is 11.3 Å². The second kappa shape index (κ2) is 6.64. The van der Waals surface area contributed by atoms with Gasteiger partial charge in [-0.15, -0.1) is 0 Å². The van der Waals surface area contributed by atoms with Gasteiger partial charge < -0.3 is 4.57 Å². The Balaban J connectivity index is 2.06. The quantitative estimate of drug-likeness (QED) is 0.567. The van der Waals surface area contributed by atoms with E-state index in [0.717, 1.165) is 15.9 Å². The lowest BCUT2D eigenvalue weighted by atomic mass is 10.1. The summed E-state index contributed by atoms with van der Waals surface area (Å²) in [5.41, 5.74) is 2.38. The minimum Gasteiger partial charge on any atom is -0.317 e. The van der Waals surface area contributed by atoms with Crippen molar-refractivity contribution in [2.75, 3.05) is 0 Å². The Hall–Kier alpha value is -2.64. The summed E-state index contributed by atoms with van der Waals surface area (Å²) in [6, 6.07) is 20.0. The molecule has 0 radical (unpaired) electrons. The van der Waals surface area contributed by atoms with E-state index in [0.29, 0.717) is 11.1 Å². The molecular formula is C19H12BrFN2. The maximum absolute atomic E-state index is 13.9. The number of benzene rings is 2. The van der Waals surface area contributed by atoms with Crippen molar-refractivity contribution in [2.45, 2.75) is 0 Å². The lowest BCUT2D eigenvalue weighted by molar-refractivity contribution is 0.624. The Morgan fingerprint density at radius 1 is 1.04 bits per heavy atom. The van der Waals surface area contributed by atoms with Crippen molar-refractivity contribution in [3.05, 3.63) is 88.4 Å². The molecule has 0 aliphatic carbocycles. The van der Waals surface area contributed by atoms with Crippen LogP contribution in [0.2, 0.25) is 0 Å². The standard InChI is InChI=1S/C19H12BrFN2/c20-15-7-9-16(10-8-15)23-11-3-4-17(23)12-14(13-22)18-5-1-2-6-19(18)21/h1-12H. The molecule has 0 saturated heterocycles. The predicted molar refractivity (Wildman–Crippen MR) is 93.4 cm³/mol. The fourth-order valence-electron chi connectivity index (χ4n) is 2.35. The van der Waals surface area contributed by atoms with E-state index in [-0.39, 0.29) is 0 Å². The summed E-state index contributed by atoms with van der Waals surface area (Å²) < 4.78 is 16.9. The van der Waals surface area contributed by atoms with Crippen molar-refractivity contribution in [1.82, 2.24) is 4.57 Å². The van der Waals surface area contributed by atoms with E-state index in [9.17, 15) is 9.65 Å². The first-order chi connectivity index (χ1) is 11.2. The van der Waals surface area contributed by atoms with Crippen molar-refractivity contribution < 1.29 is 4.39 Å². The molecular weight excluding hydrogens is 355 g/mol. The van der Waals surface area contributed by atoms with Crippen LogP contribution in [0.4, 0.5) is 4.39 Å². The summed E-state index contributed by atoms with van der Waals surface area (Å²) in [6.45, 7) is 0. The van der Waals surface area contributed by atoms with Crippen molar-refractivity contribution in [1.29, 1.82) is 5.26 Å². The topological polar surface area (TPSA) is 28.7 Å². The van der Waals surface area contributed by atoms with Crippen molar-refractivity contribution in [3.8, 4) is 11.8 Å². The third-order valence-corrected chi connectivity index (χ3v) is 3.99. The molecule has 4 heteroatoms. The van der Waals surface area contributed by atoms with Crippen LogP contribution in [-0.4, -0.2) is 4.57 Å². The van der Waals surface area contributed by atoms with Crippen LogP contribution in [0.5, 0.6) is 0 Å². The van der Waals surface area contributed by atoms with Crippen LogP contribution in [0.3, 0.4) is 0 Å². The van der Waals surface area contributed by atoms with Gasteiger partial charge in [0, 0.05) is 27.6 Å². The average molecular weight is 367 g/mol. The summed E-state index contributed by atoms with van der Waals surface area (Å²) in [6.07, 6.45) is 3.60. The molecule has 0 amide bonds. The molecule has 3 aromatic rings. The Morgan fingerprint density at radius 2 is 1.78 bits per heavy atom. The molecule has 1 aromatic heterocycles. The van der Waals surface area contributed by atoms with Gasteiger partial charge in [-0.3, -0.25) is 0 Å². The largest absolute Gasteiger partial charge is 0.317 e. The van der Waals surface area contributed by atoms with Crippen LogP contribution >= 0.6 is 15.9 Å². The van der Waals surface area contributed by atoms with Crippen molar-refractivity contribution in [2.24, 2.45) is 0 Å². The van der Waals surface area contributed by atoms with E-state index in [1.165, 1.54) is 6.07 Å². The van der Waals surface area contributed by atoms with Gasteiger partial charge in [0.05, 0.1) is 11.6 Å². The number of allylic oxidation sites excluding steroid dienone is 1. The Labute approximate surface area is 142 Å². The van der Waals surface area contributed by atoms with Gasteiger partial charge >= 0.3 is 0 Å². The van der Waals surface area contributed by atoms with E-state index in [2.05, 4.69) is 22.0 Å². The molecule has 0 unspecified atom stereocenters. The zero-order valence-electron chi connectivity index (χ0n) is 12.1. The number of rotatable bonds is 3. The zero-order chi connectivity index (χ0) is 16.2. The number of hydrogen-bond acceptors (Lipinski definition) is 1. The second-order valence-electron chi connectivity index (χ2n) is 4.93. The van der Waals surface area contributed by atoms with Crippen molar-refractivity contribution in [3.63, 3.8) is 0 Å². The highest BCUT2D eigenvalue weighted by Gasteiger charge is 2.09. The SMILES string of the molecule is N#CC(=Cc1cccn1-c1ccc(Br)cc1)c1ccccc1F. The number of nitrogens with zero attached hydrogens (tertiary/aromatic N) is 2. The van der Waals surface area contributed by atoms with E-state index in [4.69, 9.17) is 0 Å². The number of hydrogen-bond donors (Lipinski definition) is 0. The van der Waals surface area contributed by atoms with Gasteiger partial charge in [0.1, 0.15) is 5.82 Å². The molecule has 2 aromatic carbocycles. The normalized spacial score (nSPS) is 11.3. The number of aromatic nitrogens is 1. The molecule has 0 atom stereocenters. The van der Waals surface area contributed by atoms with Gasteiger partial charge in [0.15, 0.2) is 0 Å². The minimum atomic E-state index is -0.401. The first-order valence-electron chi connectivity index (χ1n) is 6.99. The van der Waals surface area contributed by atoms with Crippen LogP contribution in [0.25, 0.3) is 17.3 Å². The third-order valence-electron chi connectivity index (χ3n) is 3.46. The first-order valence-corrected chi connectivity index (χ1v) is 7.78. The molecule has 112 valence electrons. The molecule has 0 N–H and O–H groups in total. The Kier molecular flexibility index (Phi) is 4.40. The highest BCUT2D eigenvalue weighted by Crippen LogP contribution is 2.23. The highest BCUT2D eigenvalue weighted by atomic mass is 79.9. The van der Waals surface area contributed by atoms with Gasteiger partial charge in [-0.2, -0.15) is 5.26 Å². The molecule has 0 saturated carbocycles. The van der Waals surface area contributed by atoms with Gasteiger partial charge in [-0.25, -0.2) is 4.39 Å². The van der Waals surface area contributed by atoms with Crippen LogP contribution < -0.4 is 0 Å². The summed E-state index contributed by atoms with van der Waals surface area (Å²) in [7, 11) is 0. The molecule has 0 spiro atoms. The highest BCUT2D eigenvalue weighted by molar-refractivity contribution is 9.10. The molecule has 0 aliphatic heterocycles. The first kappa shape index (κ1) is 15.3. The van der Waals surface area contributed by atoms with E-state index in [1.54, 1.807) is 24.3 Å². The molecule has 3 rings (SSSR count). The molecule has 0 fully saturated rings. The fourth-order valence-corrected chi connectivity index (χ4v) is 2.61. The fraction of sp³-hybridized carbons (Fsp3) is 0. The van der Waals surface area contributed by atoms with Crippen molar-refractivity contribution >= 4 is 27.6 Å². The van der Waals surface area contributed by atoms with E-state index < -0.39 is 5.82 Å². The van der Waals surface area contributed by atoms with Gasteiger partial charge in [-0.1, -0.05) is 34.1 Å². The summed E-state index contributed by atoms with van der Waals surface area (Å²) >= 11 is 3.41. The number of nitriles is 1. The Bertz CT molecular complexity index is 902. The smallest absolute Gasteiger partial charge is 0.131 e. The van der Waals surface area contributed by atoms with Crippen LogP contribution in [-0.2, 0) is 0 Å². The van der Waals surface area contributed by atoms with Gasteiger partial charge in [-0.05, 0) is 48.5 Å². The second-order valence-corrected chi connectivity index (χ2v) is 5.84. The summed E-state index contributed by atoms with van der Waals surface area (Å²) in [5.74, 6) is -0.401. The van der Waals surface area contributed by atoms with E-state index >= 15 is 0 Å². The summed E-state index contributed by atoms with van der Waals surface area (Å²) in [5, 5.41) is 9.40. The molecule has 23 heavy (non-hydrogen) atoms. The maximum Gasteiger partial charge on any atom is 0.131 e. The van der Waals surface area contributed by atoms with Gasteiger partial charge in [0.25, 0.3) is 0 Å². The molecule has 1 heterocycles. The monoisotopic (exact) mass is 366 g/mol. The molecule has 2 nitrogen and oxygen atoms in total. The molecule has 0 bridgehead atoms. The average Bonchev–Trinajstić information content (AvgIpc) is 3.02.